The quantitative estimate of drug-likeness (QED) is 0.768. The number of amides is 1. The zero-order valence-corrected chi connectivity index (χ0v) is 13.3. The van der Waals surface area contributed by atoms with Crippen molar-refractivity contribution in [1.82, 2.24) is 5.32 Å². The Morgan fingerprint density at radius 2 is 1.87 bits per heavy atom. The topological polar surface area (TPSA) is 29.1 Å². The first-order chi connectivity index (χ1) is 10.8. The highest BCUT2D eigenvalue weighted by Crippen LogP contribution is 2.29. The summed E-state index contributed by atoms with van der Waals surface area (Å²) in [7, 11) is 0. The van der Waals surface area contributed by atoms with Gasteiger partial charge in [-0.25, -0.2) is 4.39 Å². The number of hydrogen-bond acceptors (Lipinski definition) is 1. The Hall–Kier alpha value is -1.89. The van der Waals surface area contributed by atoms with Crippen molar-refractivity contribution in [3.63, 3.8) is 0 Å². The van der Waals surface area contributed by atoms with E-state index in [1.54, 1.807) is 0 Å². The molecule has 0 unspecified atom stereocenters. The van der Waals surface area contributed by atoms with Crippen LogP contribution in [-0.2, 0) is 23.9 Å². The molecule has 1 amide bonds. The molecule has 7 heteroatoms. The van der Waals surface area contributed by atoms with Gasteiger partial charge >= 0.3 is 6.18 Å². The minimum Gasteiger partial charge on any atom is -0.352 e. The van der Waals surface area contributed by atoms with Crippen LogP contribution in [-0.4, -0.2) is 5.91 Å². The molecule has 2 nitrogen and oxygen atoms in total. The third-order valence-electron chi connectivity index (χ3n) is 3.10. The van der Waals surface area contributed by atoms with Gasteiger partial charge in [-0.15, -0.1) is 0 Å². The van der Waals surface area contributed by atoms with Crippen LogP contribution in [0, 0.1) is 5.82 Å². The van der Waals surface area contributed by atoms with Crippen molar-refractivity contribution in [2.75, 3.05) is 0 Å². The fraction of sp³-hybridized carbons (Fsp3) is 0.188. The summed E-state index contributed by atoms with van der Waals surface area (Å²) in [6.45, 7) is 0.0795. The summed E-state index contributed by atoms with van der Waals surface area (Å²) in [4.78, 5) is 11.8. The minimum absolute atomic E-state index is 0.0795. The number of carbonyl (C=O) groups is 1. The van der Waals surface area contributed by atoms with Gasteiger partial charge in [0, 0.05) is 11.0 Å². The van der Waals surface area contributed by atoms with Crippen LogP contribution in [0.4, 0.5) is 17.6 Å². The second-order valence-corrected chi connectivity index (χ2v) is 5.74. The van der Waals surface area contributed by atoms with Gasteiger partial charge in [0.1, 0.15) is 5.82 Å². The summed E-state index contributed by atoms with van der Waals surface area (Å²) in [5, 5.41) is 2.56. The molecular formula is C16H12BrF4NO. The molecule has 1 N–H and O–H groups in total. The molecule has 122 valence electrons. The largest absolute Gasteiger partial charge is 0.416 e. The van der Waals surface area contributed by atoms with Gasteiger partial charge in [0.25, 0.3) is 0 Å². The highest BCUT2D eigenvalue weighted by atomic mass is 79.9. The van der Waals surface area contributed by atoms with E-state index in [0.29, 0.717) is 10.0 Å². The molecule has 0 aliphatic heterocycles. The van der Waals surface area contributed by atoms with E-state index < -0.39 is 23.5 Å². The highest BCUT2D eigenvalue weighted by Gasteiger charge is 2.30. The van der Waals surface area contributed by atoms with Gasteiger partial charge in [0.15, 0.2) is 0 Å². The molecule has 0 aliphatic rings. The number of benzene rings is 2. The van der Waals surface area contributed by atoms with E-state index in [0.717, 1.165) is 12.1 Å². The number of rotatable bonds is 4. The monoisotopic (exact) mass is 389 g/mol. The van der Waals surface area contributed by atoms with Gasteiger partial charge in [-0.2, -0.15) is 13.2 Å². The molecule has 23 heavy (non-hydrogen) atoms. The van der Waals surface area contributed by atoms with Crippen LogP contribution in [0.2, 0.25) is 0 Å². The van der Waals surface area contributed by atoms with Crippen molar-refractivity contribution >= 4 is 21.8 Å². The molecule has 0 saturated heterocycles. The van der Waals surface area contributed by atoms with Gasteiger partial charge in [-0.05, 0) is 35.4 Å². The fourth-order valence-corrected chi connectivity index (χ4v) is 2.36. The average molecular weight is 390 g/mol. The SMILES string of the molecule is O=C(Cc1cccc(C(F)(F)F)c1)NCc1cc(F)ccc1Br. The highest BCUT2D eigenvalue weighted by molar-refractivity contribution is 9.10. The smallest absolute Gasteiger partial charge is 0.352 e. The average Bonchev–Trinajstić information content (AvgIpc) is 2.47. The van der Waals surface area contributed by atoms with E-state index in [1.807, 2.05) is 0 Å². The number of alkyl halides is 3. The molecule has 0 fully saturated rings. The van der Waals surface area contributed by atoms with Crippen LogP contribution < -0.4 is 5.32 Å². The Bertz CT molecular complexity index is 715. The summed E-state index contributed by atoms with van der Waals surface area (Å²) in [5.74, 6) is -0.879. The van der Waals surface area contributed by atoms with Crippen LogP contribution in [0.15, 0.2) is 46.9 Å². The molecular weight excluding hydrogens is 378 g/mol. The van der Waals surface area contributed by atoms with Gasteiger partial charge in [-0.1, -0.05) is 34.1 Å². The summed E-state index contributed by atoms with van der Waals surface area (Å²) in [6, 6.07) is 8.67. The first-order valence-corrected chi connectivity index (χ1v) is 7.42. The molecule has 0 spiro atoms. The lowest BCUT2D eigenvalue weighted by atomic mass is 10.1. The van der Waals surface area contributed by atoms with E-state index in [-0.39, 0.29) is 18.5 Å². The first-order valence-electron chi connectivity index (χ1n) is 6.62. The molecule has 0 aliphatic carbocycles. The maximum Gasteiger partial charge on any atom is 0.416 e. The predicted octanol–water partition coefficient (Wildman–Crippen LogP) is 4.47. The van der Waals surface area contributed by atoms with Gasteiger partial charge < -0.3 is 5.32 Å². The first kappa shape index (κ1) is 17.5. The lowest BCUT2D eigenvalue weighted by Gasteiger charge is -2.10. The van der Waals surface area contributed by atoms with Crippen molar-refractivity contribution in [2.24, 2.45) is 0 Å². The maximum atomic E-state index is 13.1. The van der Waals surface area contributed by atoms with Crippen molar-refractivity contribution in [3.05, 3.63) is 69.4 Å². The second kappa shape index (κ2) is 7.12. The molecule has 0 saturated carbocycles. The van der Waals surface area contributed by atoms with Crippen molar-refractivity contribution < 1.29 is 22.4 Å². The minimum atomic E-state index is -4.45. The summed E-state index contributed by atoms with van der Waals surface area (Å²) in [5.41, 5.74) is 0.00806. The Kier molecular flexibility index (Phi) is 5.41. The van der Waals surface area contributed by atoms with E-state index >= 15 is 0 Å². The number of halogens is 5. The molecule has 2 rings (SSSR count). The Labute approximate surface area is 138 Å². The number of carbonyl (C=O) groups excluding carboxylic acids is 1. The van der Waals surface area contributed by atoms with Crippen molar-refractivity contribution in [1.29, 1.82) is 0 Å². The standard InChI is InChI=1S/C16H12BrF4NO/c17-14-5-4-13(18)8-11(14)9-22-15(23)7-10-2-1-3-12(6-10)16(19,20)21/h1-6,8H,7,9H2,(H,22,23). The normalized spacial score (nSPS) is 11.3. The van der Waals surface area contributed by atoms with E-state index in [4.69, 9.17) is 0 Å². The lowest BCUT2D eigenvalue weighted by Crippen LogP contribution is -2.25. The number of nitrogens with one attached hydrogen (secondary N) is 1. The van der Waals surface area contributed by atoms with Gasteiger partial charge in [0.05, 0.1) is 12.0 Å². The van der Waals surface area contributed by atoms with E-state index in [1.165, 1.54) is 30.3 Å². The summed E-state index contributed by atoms with van der Waals surface area (Å²) < 4.78 is 51.6. The van der Waals surface area contributed by atoms with Gasteiger partial charge in [0.2, 0.25) is 5.91 Å². The molecule has 0 aromatic heterocycles. The third-order valence-corrected chi connectivity index (χ3v) is 3.88. The Morgan fingerprint density at radius 1 is 1.13 bits per heavy atom. The van der Waals surface area contributed by atoms with E-state index in [9.17, 15) is 22.4 Å². The maximum absolute atomic E-state index is 13.1. The van der Waals surface area contributed by atoms with Crippen LogP contribution in [0.5, 0.6) is 0 Å². The zero-order valence-electron chi connectivity index (χ0n) is 11.8. The van der Waals surface area contributed by atoms with Gasteiger partial charge in [-0.3, -0.25) is 4.79 Å². The van der Waals surface area contributed by atoms with Crippen LogP contribution in [0.3, 0.4) is 0 Å². The van der Waals surface area contributed by atoms with Crippen LogP contribution in [0.25, 0.3) is 0 Å². The second-order valence-electron chi connectivity index (χ2n) is 4.89. The molecule has 0 heterocycles. The van der Waals surface area contributed by atoms with Crippen molar-refractivity contribution in [2.45, 2.75) is 19.1 Å². The van der Waals surface area contributed by atoms with Crippen LogP contribution in [0.1, 0.15) is 16.7 Å². The molecule has 2 aromatic carbocycles. The van der Waals surface area contributed by atoms with Crippen molar-refractivity contribution in [3.8, 4) is 0 Å². The number of hydrogen-bond donors (Lipinski definition) is 1. The van der Waals surface area contributed by atoms with Crippen LogP contribution >= 0.6 is 15.9 Å². The lowest BCUT2D eigenvalue weighted by molar-refractivity contribution is -0.137. The Morgan fingerprint density at radius 3 is 2.57 bits per heavy atom. The molecule has 2 aromatic rings. The fourth-order valence-electron chi connectivity index (χ4n) is 1.98. The predicted molar refractivity (Wildman–Crippen MR) is 81.1 cm³/mol. The van der Waals surface area contributed by atoms with E-state index in [2.05, 4.69) is 21.2 Å². The Balaban J connectivity index is 1.99. The molecule has 0 radical (unpaired) electrons. The molecule has 0 bridgehead atoms. The third kappa shape index (κ3) is 5.06. The zero-order chi connectivity index (χ0) is 17.0. The summed E-state index contributed by atoms with van der Waals surface area (Å²) in [6.07, 6.45) is -4.63. The summed E-state index contributed by atoms with van der Waals surface area (Å²) >= 11 is 3.24. The molecule has 0 atom stereocenters.